The third-order valence-corrected chi connectivity index (χ3v) is 9.92. The second kappa shape index (κ2) is 14.2. The van der Waals surface area contributed by atoms with Crippen LogP contribution in [-0.4, -0.2) is 62.8 Å². The SMILES string of the molecule is CCCc1cc(C)[nH]c(=O)c1CNC(=O)c1cc(-c2ccc(N3CCN(C(C)C)CC3)nc2)cc2c1cnn2CC1CCCCC1. The predicted octanol–water partition coefficient (Wildman–Crippen LogP) is 6.09. The molecule has 244 valence electrons. The van der Waals surface area contributed by atoms with Crippen molar-refractivity contribution in [2.45, 2.75) is 91.8 Å². The number of nitrogens with one attached hydrogen (secondary N) is 2. The summed E-state index contributed by atoms with van der Waals surface area (Å²) < 4.78 is 2.09. The van der Waals surface area contributed by atoms with E-state index < -0.39 is 0 Å². The first-order valence-corrected chi connectivity index (χ1v) is 17.3. The quantitative estimate of drug-likeness (QED) is 0.222. The lowest BCUT2D eigenvalue weighted by Crippen LogP contribution is -2.49. The van der Waals surface area contributed by atoms with Crippen LogP contribution in [0.3, 0.4) is 0 Å². The van der Waals surface area contributed by atoms with Gasteiger partial charge in [0.05, 0.1) is 17.3 Å². The number of aromatic nitrogens is 4. The first-order valence-electron chi connectivity index (χ1n) is 17.3. The molecule has 3 aromatic heterocycles. The van der Waals surface area contributed by atoms with E-state index in [0.717, 1.165) is 84.7 Å². The molecular weight excluding hydrogens is 574 g/mol. The maximum Gasteiger partial charge on any atom is 0.253 e. The van der Waals surface area contributed by atoms with Crippen molar-refractivity contribution >= 4 is 22.6 Å². The van der Waals surface area contributed by atoms with Crippen molar-refractivity contribution in [3.8, 4) is 11.1 Å². The van der Waals surface area contributed by atoms with Crippen LogP contribution in [0.5, 0.6) is 0 Å². The van der Waals surface area contributed by atoms with Gasteiger partial charge in [-0.1, -0.05) is 32.6 Å². The van der Waals surface area contributed by atoms with E-state index in [2.05, 4.69) is 63.8 Å². The van der Waals surface area contributed by atoms with Gasteiger partial charge >= 0.3 is 0 Å². The highest BCUT2D eigenvalue weighted by Gasteiger charge is 2.22. The number of amides is 1. The standard InChI is InChI=1S/C37H49N7O2/c1-5-9-28-18-26(4)41-37(46)32(28)22-39-36(45)31-19-30(20-34-33(31)23-40-44(34)24-27-10-7-6-8-11-27)29-12-13-35(38-21-29)43-16-14-42(15-17-43)25(2)3/h12-13,18-21,23,25,27H,5-11,14-17,22,24H2,1-4H3,(H,39,45)(H,41,46). The fourth-order valence-electron chi connectivity index (χ4n) is 7.24. The van der Waals surface area contributed by atoms with E-state index in [-0.39, 0.29) is 18.0 Å². The third kappa shape index (κ3) is 7.04. The molecule has 1 amide bonds. The monoisotopic (exact) mass is 623 g/mol. The van der Waals surface area contributed by atoms with Crippen LogP contribution in [0.4, 0.5) is 5.82 Å². The van der Waals surface area contributed by atoms with Gasteiger partial charge in [-0.15, -0.1) is 0 Å². The lowest BCUT2D eigenvalue weighted by atomic mass is 9.89. The van der Waals surface area contributed by atoms with Gasteiger partial charge in [0.15, 0.2) is 0 Å². The van der Waals surface area contributed by atoms with E-state index >= 15 is 0 Å². The maximum absolute atomic E-state index is 13.9. The summed E-state index contributed by atoms with van der Waals surface area (Å²) in [6.07, 6.45) is 11.8. The van der Waals surface area contributed by atoms with Crippen molar-refractivity contribution in [2.75, 3.05) is 31.1 Å². The number of hydrogen-bond donors (Lipinski definition) is 2. The molecule has 1 aromatic carbocycles. The molecule has 0 unspecified atom stereocenters. The summed E-state index contributed by atoms with van der Waals surface area (Å²) >= 11 is 0. The largest absolute Gasteiger partial charge is 0.354 e. The van der Waals surface area contributed by atoms with Gasteiger partial charge in [-0.05, 0) is 87.4 Å². The third-order valence-electron chi connectivity index (χ3n) is 9.92. The maximum atomic E-state index is 13.9. The summed E-state index contributed by atoms with van der Waals surface area (Å²) in [7, 11) is 0. The van der Waals surface area contributed by atoms with E-state index in [1.54, 1.807) is 0 Å². The molecule has 1 saturated heterocycles. The van der Waals surface area contributed by atoms with Gasteiger partial charge in [-0.25, -0.2) is 4.98 Å². The molecule has 2 aliphatic rings. The first-order chi connectivity index (χ1) is 22.3. The molecule has 2 N–H and O–H groups in total. The summed E-state index contributed by atoms with van der Waals surface area (Å²) in [4.78, 5) is 39.4. The van der Waals surface area contributed by atoms with Crippen LogP contribution >= 0.6 is 0 Å². The summed E-state index contributed by atoms with van der Waals surface area (Å²) in [5, 5.41) is 8.70. The van der Waals surface area contributed by atoms with Gasteiger partial charge < -0.3 is 15.2 Å². The Morgan fingerprint density at radius 2 is 1.80 bits per heavy atom. The highest BCUT2D eigenvalue weighted by Crippen LogP contribution is 2.31. The Morgan fingerprint density at radius 1 is 1.02 bits per heavy atom. The number of anilines is 1. The summed E-state index contributed by atoms with van der Waals surface area (Å²) in [6.45, 7) is 13.5. The van der Waals surface area contributed by atoms with Crippen LogP contribution in [0.25, 0.3) is 22.0 Å². The molecule has 0 atom stereocenters. The number of H-pyrrole nitrogens is 1. The van der Waals surface area contributed by atoms with E-state index in [9.17, 15) is 9.59 Å². The van der Waals surface area contributed by atoms with Crippen molar-refractivity contribution in [2.24, 2.45) is 5.92 Å². The Bertz CT molecular complexity index is 1710. The van der Waals surface area contributed by atoms with Gasteiger partial charge in [-0.2, -0.15) is 5.10 Å². The summed E-state index contributed by atoms with van der Waals surface area (Å²) in [5.74, 6) is 1.37. The Kier molecular flexibility index (Phi) is 9.87. The molecular formula is C37H49N7O2. The summed E-state index contributed by atoms with van der Waals surface area (Å²) in [5.41, 5.74) is 5.73. The van der Waals surface area contributed by atoms with Crippen molar-refractivity contribution in [3.05, 3.63) is 75.5 Å². The second-order valence-electron chi connectivity index (χ2n) is 13.5. The molecule has 1 aliphatic carbocycles. The molecule has 9 nitrogen and oxygen atoms in total. The molecule has 0 bridgehead atoms. The minimum absolute atomic E-state index is 0.139. The lowest BCUT2D eigenvalue weighted by molar-refractivity contribution is 0.0952. The van der Waals surface area contributed by atoms with E-state index in [4.69, 9.17) is 10.1 Å². The number of hydrogen-bond acceptors (Lipinski definition) is 6. The van der Waals surface area contributed by atoms with Crippen LogP contribution in [0.2, 0.25) is 0 Å². The van der Waals surface area contributed by atoms with Crippen molar-refractivity contribution < 1.29 is 4.79 Å². The number of aromatic amines is 1. The van der Waals surface area contributed by atoms with Gasteiger partial charge in [0.1, 0.15) is 5.82 Å². The molecule has 46 heavy (non-hydrogen) atoms. The Labute approximate surface area is 272 Å². The van der Waals surface area contributed by atoms with Gasteiger partial charge in [0, 0.05) is 73.7 Å². The summed E-state index contributed by atoms with van der Waals surface area (Å²) in [6, 6.07) is 10.9. The smallest absolute Gasteiger partial charge is 0.253 e. The Morgan fingerprint density at radius 3 is 2.50 bits per heavy atom. The minimum Gasteiger partial charge on any atom is -0.354 e. The number of piperazine rings is 1. The van der Waals surface area contributed by atoms with Crippen LogP contribution in [-0.2, 0) is 19.5 Å². The van der Waals surface area contributed by atoms with Crippen LogP contribution in [0, 0.1) is 12.8 Å². The molecule has 6 rings (SSSR count). The number of rotatable bonds is 10. The Hall–Kier alpha value is -3.98. The lowest BCUT2D eigenvalue weighted by Gasteiger charge is -2.37. The average molecular weight is 624 g/mol. The molecule has 4 aromatic rings. The molecule has 0 spiro atoms. The van der Waals surface area contributed by atoms with Crippen molar-refractivity contribution in [3.63, 3.8) is 0 Å². The molecule has 1 aliphatic heterocycles. The molecule has 4 heterocycles. The van der Waals surface area contributed by atoms with Gasteiger partial charge in [0.25, 0.3) is 11.5 Å². The molecule has 0 radical (unpaired) electrons. The number of carbonyl (C=O) groups excluding carboxylic acids is 1. The van der Waals surface area contributed by atoms with Crippen molar-refractivity contribution in [1.29, 1.82) is 0 Å². The van der Waals surface area contributed by atoms with E-state index in [1.807, 2.05) is 31.5 Å². The average Bonchev–Trinajstić information content (AvgIpc) is 3.46. The van der Waals surface area contributed by atoms with E-state index in [1.165, 1.54) is 32.1 Å². The zero-order valence-corrected chi connectivity index (χ0v) is 27.9. The molecule has 2 fully saturated rings. The number of pyridine rings is 2. The number of carbonyl (C=O) groups is 1. The minimum atomic E-state index is -0.209. The highest BCUT2D eigenvalue weighted by molar-refractivity contribution is 6.08. The van der Waals surface area contributed by atoms with Gasteiger partial charge in [-0.3, -0.25) is 19.2 Å². The fourth-order valence-corrected chi connectivity index (χ4v) is 7.24. The molecule has 9 heteroatoms. The zero-order chi connectivity index (χ0) is 32.2. The Balaban J connectivity index is 1.30. The number of nitrogens with zero attached hydrogens (tertiary/aromatic N) is 5. The van der Waals surface area contributed by atoms with Gasteiger partial charge in [0.2, 0.25) is 0 Å². The van der Waals surface area contributed by atoms with Crippen molar-refractivity contribution in [1.82, 2.24) is 30.0 Å². The fraction of sp³-hybridized carbons (Fsp3) is 0.514. The van der Waals surface area contributed by atoms with Crippen LogP contribution in [0.15, 0.2) is 47.5 Å². The van der Waals surface area contributed by atoms with Crippen LogP contribution < -0.4 is 15.8 Å². The second-order valence-corrected chi connectivity index (χ2v) is 13.5. The number of fused-ring (bicyclic) bond motifs is 1. The van der Waals surface area contributed by atoms with E-state index in [0.29, 0.717) is 23.1 Å². The normalized spacial score (nSPS) is 16.4. The molecule has 1 saturated carbocycles. The zero-order valence-electron chi connectivity index (χ0n) is 27.9. The van der Waals surface area contributed by atoms with Crippen LogP contribution in [0.1, 0.15) is 86.5 Å². The number of aryl methyl sites for hydroxylation is 2. The first kappa shape index (κ1) is 32.0. The highest BCUT2D eigenvalue weighted by atomic mass is 16.1. The number of benzene rings is 1. The topological polar surface area (TPSA) is 99.2 Å². The predicted molar refractivity (Wildman–Crippen MR) is 185 cm³/mol.